The van der Waals surface area contributed by atoms with Gasteiger partial charge in [0.05, 0.1) is 11.3 Å². The molecule has 0 amide bonds. The lowest BCUT2D eigenvalue weighted by molar-refractivity contribution is -0.105. The summed E-state index contributed by atoms with van der Waals surface area (Å²) in [5, 5.41) is 0. The average molecular weight is 257 g/mol. The molecule has 0 bridgehead atoms. The molecule has 0 unspecified atom stereocenters. The zero-order valence-electron chi connectivity index (χ0n) is 10.00. The molecule has 0 aromatic carbocycles. The Balaban J connectivity index is 2.93. The van der Waals surface area contributed by atoms with Crippen LogP contribution in [-0.2, 0) is 4.79 Å². The van der Waals surface area contributed by atoms with Gasteiger partial charge in [0.25, 0.3) is 0 Å². The number of alkyl halides is 3. The Hall–Kier alpha value is -1.78. The Labute approximate surface area is 104 Å². The smallest absolute Gasteiger partial charge is 0.315 e. The maximum atomic E-state index is 12.5. The molecule has 18 heavy (non-hydrogen) atoms. The Morgan fingerprint density at radius 1 is 1.50 bits per heavy atom. The zero-order valence-corrected chi connectivity index (χ0v) is 10.00. The standard InChI is InChI=1S/C13H14F3NO/c1-3-4-5-12(9-18)17-7-6-11(8-10(17)2)13(14,15)16/h5-9H,2-4H2,1H3. The maximum Gasteiger partial charge on any atom is 0.416 e. The van der Waals surface area contributed by atoms with E-state index in [9.17, 15) is 18.0 Å². The van der Waals surface area contributed by atoms with E-state index in [2.05, 4.69) is 6.58 Å². The van der Waals surface area contributed by atoms with Crippen molar-refractivity contribution >= 4 is 6.29 Å². The SMILES string of the molecule is C=C1C=C(C(F)(F)F)C=CN1C(C=O)=CCCC. The lowest BCUT2D eigenvalue weighted by Gasteiger charge is -2.25. The highest BCUT2D eigenvalue weighted by Crippen LogP contribution is 2.31. The molecule has 0 saturated carbocycles. The maximum absolute atomic E-state index is 12.5. The molecule has 0 N–H and O–H groups in total. The van der Waals surface area contributed by atoms with Gasteiger partial charge in [0.1, 0.15) is 0 Å². The molecule has 0 aromatic rings. The predicted octanol–water partition coefficient (Wildman–Crippen LogP) is 3.70. The van der Waals surface area contributed by atoms with Gasteiger partial charge in [0, 0.05) is 11.9 Å². The quantitative estimate of drug-likeness (QED) is 0.565. The van der Waals surface area contributed by atoms with Crippen LogP contribution in [0.4, 0.5) is 13.2 Å². The molecular weight excluding hydrogens is 243 g/mol. The molecule has 1 rings (SSSR count). The number of hydrogen-bond acceptors (Lipinski definition) is 2. The minimum Gasteiger partial charge on any atom is -0.315 e. The van der Waals surface area contributed by atoms with Crippen LogP contribution < -0.4 is 0 Å². The molecule has 0 aromatic heterocycles. The third kappa shape index (κ3) is 3.35. The number of aldehydes is 1. The normalized spacial score (nSPS) is 16.9. The second-order valence-corrected chi connectivity index (χ2v) is 3.81. The fourth-order valence-electron chi connectivity index (χ4n) is 1.47. The van der Waals surface area contributed by atoms with E-state index in [-0.39, 0.29) is 5.70 Å². The van der Waals surface area contributed by atoms with Crippen LogP contribution in [-0.4, -0.2) is 17.4 Å². The van der Waals surface area contributed by atoms with E-state index >= 15 is 0 Å². The minimum atomic E-state index is -4.40. The zero-order chi connectivity index (χ0) is 13.8. The van der Waals surface area contributed by atoms with E-state index in [0.717, 1.165) is 18.6 Å². The fourth-order valence-corrected chi connectivity index (χ4v) is 1.47. The summed E-state index contributed by atoms with van der Waals surface area (Å²) >= 11 is 0. The van der Waals surface area contributed by atoms with E-state index in [1.54, 1.807) is 6.08 Å². The number of unbranched alkanes of at least 4 members (excludes halogenated alkanes) is 1. The molecule has 0 atom stereocenters. The topological polar surface area (TPSA) is 20.3 Å². The van der Waals surface area contributed by atoms with Crippen molar-refractivity contribution < 1.29 is 18.0 Å². The third-order valence-electron chi connectivity index (χ3n) is 2.40. The van der Waals surface area contributed by atoms with E-state index < -0.39 is 11.7 Å². The highest BCUT2D eigenvalue weighted by atomic mass is 19.4. The lowest BCUT2D eigenvalue weighted by atomic mass is 10.1. The van der Waals surface area contributed by atoms with Crippen LogP contribution in [0.2, 0.25) is 0 Å². The Kier molecular flexibility index (Phi) is 4.53. The summed E-state index contributed by atoms with van der Waals surface area (Å²) in [6.07, 6.45) is 2.47. The van der Waals surface area contributed by atoms with Crippen LogP contribution in [0, 0.1) is 0 Å². The summed E-state index contributed by atoms with van der Waals surface area (Å²) in [7, 11) is 0. The first-order valence-electron chi connectivity index (χ1n) is 5.50. The van der Waals surface area contributed by atoms with Gasteiger partial charge < -0.3 is 4.90 Å². The molecule has 0 saturated heterocycles. The molecule has 1 aliphatic rings. The first-order chi connectivity index (χ1) is 8.40. The molecule has 0 fully saturated rings. The van der Waals surface area contributed by atoms with Gasteiger partial charge >= 0.3 is 6.18 Å². The predicted molar refractivity (Wildman–Crippen MR) is 63.3 cm³/mol. The van der Waals surface area contributed by atoms with Crippen molar-refractivity contribution in [3.63, 3.8) is 0 Å². The van der Waals surface area contributed by atoms with Crippen LogP contribution >= 0.6 is 0 Å². The Morgan fingerprint density at radius 3 is 2.61 bits per heavy atom. The third-order valence-corrected chi connectivity index (χ3v) is 2.40. The molecule has 0 spiro atoms. The van der Waals surface area contributed by atoms with Crippen molar-refractivity contribution in [3.8, 4) is 0 Å². The van der Waals surface area contributed by atoms with Gasteiger partial charge in [0.2, 0.25) is 0 Å². The van der Waals surface area contributed by atoms with Gasteiger partial charge in [-0.05, 0) is 18.6 Å². The summed E-state index contributed by atoms with van der Waals surface area (Å²) in [5.41, 5.74) is -0.348. The molecule has 5 heteroatoms. The van der Waals surface area contributed by atoms with Crippen molar-refractivity contribution in [3.05, 3.63) is 48.0 Å². The van der Waals surface area contributed by atoms with Crippen molar-refractivity contribution in [2.24, 2.45) is 0 Å². The average Bonchev–Trinajstić information content (AvgIpc) is 2.30. The first-order valence-corrected chi connectivity index (χ1v) is 5.50. The largest absolute Gasteiger partial charge is 0.416 e. The monoisotopic (exact) mass is 257 g/mol. The number of nitrogens with zero attached hydrogens (tertiary/aromatic N) is 1. The molecule has 1 heterocycles. The number of hydrogen-bond donors (Lipinski definition) is 0. The van der Waals surface area contributed by atoms with Crippen LogP contribution in [0.15, 0.2) is 48.0 Å². The van der Waals surface area contributed by atoms with Crippen LogP contribution in [0.5, 0.6) is 0 Å². The van der Waals surface area contributed by atoms with Gasteiger partial charge in [-0.15, -0.1) is 0 Å². The number of allylic oxidation sites excluding steroid dienone is 5. The van der Waals surface area contributed by atoms with Gasteiger partial charge in [-0.3, -0.25) is 4.79 Å². The molecule has 0 radical (unpaired) electrons. The van der Waals surface area contributed by atoms with Crippen LogP contribution in [0.1, 0.15) is 19.8 Å². The number of carbonyl (C=O) groups is 1. The van der Waals surface area contributed by atoms with E-state index in [1.807, 2.05) is 6.92 Å². The lowest BCUT2D eigenvalue weighted by Crippen LogP contribution is -2.21. The molecule has 2 nitrogen and oxygen atoms in total. The van der Waals surface area contributed by atoms with E-state index in [0.29, 0.717) is 18.4 Å². The number of carbonyl (C=O) groups excluding carboxylic acids is 1. The van der Waals surface area contributed by atoms with Gasteiger partial charge in [-0.25, -0.2) is 0 Å². The van der Waals surface area contributed by atoms with Crippen LogP contribution in [0.3, 0.4) is 0 Å². The molecular formula is C13H14F3NO. The van der Waals surface area contributed by atoms with Gasteiger partial charge in [-0.2, -0.15) is 13.2 Å². The highest BCUT2D eigenvalue weighted by Gasteiger charge is 2.33. The highest BCUT2D eigenvalue weighted by molar-refractivity contribution is 5.74. The van der Waals surface area contributed by atoms with Gasteiger partial charge in [-0.1, -0.05) is 26.0 Å². The van der Waals surface area contributed by atoms with E-state index in [1.165, 1.54) is 11.1 Å². The minimum absolute atomic E-state index is 0.124. The summed E-state index contributed by atoms with van der Waals surface area (Å²) in [5.74, 6) is 0. The summed E-state index contributed by atoms with van der Waals surface area (Å²) in [6, 6.07) is 0. The summed E-state index contributed by atoms with van der Waals surface area (Å²) in [4.78, 5) is 12.3. The summed E-state index contributed by atoms with van der Waals surface area (Å²) in [6.45, 7) is 5.48. The molecule has 0 aliphatic carbocycles. The Morgan fingerprint density at radius 2 is 2.17 bits per heavy atom. The van der Waals surface area contributed by atoms with Gasteiger partial charge in [0.15, 0.2) is 6.29 Å². The van der Waals surface area contributed by atoms with Crippen LogP contribution in [0.25, 0.3) is 0 Å². The Bertz CT molecular complexity index is 430. The first kappa shape index (κ1) is 14.3. The number of halogens is 3. The molecule has 1 aliphatic heterocycles. The number of rotatable bonds is 4. The van der Waals surface area contributed by atoms with Crippen molar-refractivity contribution in [2.75, 3.05) is 0 Å². The van der Waals surface area contributed by atoms with Crippen molar-refractivity contribution in [1.82, 2.24) is 4.90 Å². The second kappa shape index (κ2) is 5.71. The van der Waals surface area contributed by atoms with Crippen molar-refractivity contribution in [2.45, 2.75) is 25.9 Å². The van der Waals surface area contributed by atoms with Crippen molar-refractivity contribution in [1.29, 1.82) is 0 Å². The fraction of sp³-hybridized carbons (Fsp3) is 0.308. The molecule has 98 valence electrons. The summed E-state index contributed by atoms with van der Waals surface area (Å²) < 4.78 is 37.4. The van der Waals surface area contributed by atoms with E-state index in [4.69, 9.17) is 0 Å². The second-order valence-electron chi connectivity index (χ2n) is 3.81.